The Balaban J connectivity index is 1.47. The van der Waals surface area contributed by atoms with Crippen LogP contribution in [0, 0.1) is 0 Å². The van der Waals surface area contributed by atoms with Gasteiger partial charge in [-0.05, 0) is 42.7 Å². The van der Waals surface area contributed by atoms with Gasteiger partial charge in [0, 0.05) is 39.9 Å². The number of guanidine groups is 1. The third-order valence-electron chi connectivity index (χ3n) is 4.70. The summed E-state index contributed by atoms with van der Waals surface area (Å²) in [7, 11) is 3.82. The zero-order valence-electron chi connectivity index (χ0n) is 16.3. The molecule has 144 valence electrons. The fraction of sp³-hybridized carbons (Fsp3) is 0.429. The van der Waals surface area contributed by atoms with Crippen molar-refractivity contribution >= 4 is 11.8 Å². The third kappa shape index (κ3) is 5.61. The van der Waals surface area contributed by atoms with Crippen molar-refractivity contribution in [3.63, 3.8) is 0 Å². The molecule has 6 heteroatoms. The van der Waals surface area contributed by atoms with Gasteiger partial charge in [0.05, 0.1) is 6.54 Å². The SMILES string of the molecule is CN=C(NCc1ccnc(N2CCCC2)c1)N(C)CCOc1ccccc1. The topological polar surface area (TPSA) is 53.0 Å². The number of benzene rings is 1. The number of nitrogens with zero attached hydrogens (tertiary/aromatic N) is 4. The van der Waals surface area contributed by atoms with E-state index >= 15 is 0 Å². The smallest absolute Gasteiger partial charge is 0.193 e. The molecule has 1 fully saturated rings. The molecule has 3 rings (SSSR count). The number of likely N-dealkylation sites (N-methyl/N-ethyl adjacent to an activating group) is 1. The minimum Gasteiger partial charge on any atom is -0.492 e. The number of para-hydroxylation sites is 1. The molecule has 1 N–H and O–H groups in total. The van der Waals surface area contributed by atoms with Crippen LogP contribution in [0.3, 0.4) is 0 Å². The molecule has 0 unspecified atom stereocenters. The van der Waals surface area contributed by atoms with Crippen molar-refractivity contribution in [1.29, 1.82) is 0 Å². The van der Waals surface area contributed by atoms with Gasteiger partial charge in [-0.1, -0.05) is 18.2 Å². The number of rotatable bonds is 7. The van der Waals surface area contributed by atoms with Gasteiger partial charge in [-0.15, -0.1) is 0 Å². The Labute approximate surface area is 161 Å². The summed E-state index contributed by atoms with van der Waals surface area (Å²) in [4.78, 5) is 13.3. The molecule has 1 aromatic carbocycles. The first-order valence-electron chi connectivity index (χ1n) is 9.56. The first-order valence-corrected chi connectivity index (χ1v) is 9.56. The van der Waals surface area contributed by atoms with Gasteiger partial charge in [-0.2, -0.15) is 0 Å². The van der Waals surface area contributed by atoms with Crippen molar-refractivity contribution in [2.75, 3.05) is 45.2 Å². The predicted molar refractivity (Wildman–Crippen MR) is 110 cm³/mol. The number of nitrogens with one attached hydrogen (secondary N) is 1. The van der Waals surface area contributed by atoms with Gasteiger partial charge in [0.2, 0.25) is 0 Å². The van der Waals surface area contributed by atoms with Crippen LogP contribution in [0.2, 0.25) is 0 Å². The van der Waals surface area contributed by atoms with E-state index in [9.17, 15) is 0 Å². The number of pyridine rings is 1. The third-order valence-corrected chi connectivity index (χ3v) is 4.70. The first kappa shape index (κ1) is 19.0. The number of anilines is 1. The molecular formula is C21H29N5O. The van der Waals surface area contributed by atoms with Gasteiger partial charge in [0.25, 0.3) is 0 Å². The lowest BCUT2D eigenvalue weighted by Crippen LogP contribution is -2.40. The monoisotopic (exact) mass is 367 g/mol. The normalized spacial score (nSPS) is 14.3. The standard InChI is InChI=1S/C21H29N5O/c1-22-21(25(2)14-15-27-19-8-4-3-5-9-19)24-17-18-10-11-23-20(16-18)26-12-6-7-13-26/h3-5,8-11,16H,6-7,12-15,17H2,1-2H3,(H,22,24). The van der Waals surface area contributed by atoms with E-state index in [2.05, 4.69) is 37.2 Å². The van der Waals surface area contributed by atoms with E-state index in [-0.39, 0.29) is 0 Å². The Bertz CT molecular complexity index is 728. The van der Waals surface area contributed by atoms with Gasteiger partial charge in [-0.3, -0.25) is 4.99 Å². The quantitative estimate of drug-likeness (QED) is 0.602. The van der Waals surface area contributed by atoms with Gasteiger partial charge < -0.3 is 19.9 Å². The molecule has 2 aromatic rings. The van der Waals surface area contributed by atoms with Crippen LogP contribution in [0.25, 0.3) is 0 Å². The maximum Gasteiger partial charge on any atom is 0.193 e. The van der Waals surface area contributed by atoms with E-state index in [0.717, 1.165) is 43.7 Å². The molecule has 1 saturated heterocycles. The van der Waals surface area contributed by atoms with Crippen molar-refractivity contribution in [3.8, 4) is 5.75 Å². The lowest BCUT2D eigenvalue weighted by molar-refractivity contribution is 0.281. The van der Waals surface area contributed by atoms with Crippen LogP contribution in [0.15, 0.2) is 53.7 Å². The summed E-state index contributed by atoms with van der Waals surface area (Å²) in [5.41, 5.74) is 1.21. The van der Waals surface area contributed by atoms with E-state index in [4.69, 9.17) is 4.74 Å². The van der Waals surface area contributed by atoms with Gasteiger partial charge in [0.1, 0.15) is 18.2 Å². The van der Waals surface area contributed by atoms with Crippen LogP contribution in [-0.2, 0) is 6.54 Å². The highest BCUT2D eigenvalue weighted by Crippen LogP contribution is 2.18. The molecule has 0 spiro atoms. The van der Waals surface area contributed by atoms with Gasteiger partial charge in [0.15, 0.2) is 5.96 Å². The van der Waals surface area contributed by atoms with Crippen molar-refractivity contribution < 1.29 is 4.74 Å². The molecule has 1 aliphatic heterocycles. The molecule has 1 aromatic heterocycles. The van der Waals surface area contributed by atoms with Crippen LogP contribution in [0.1, 0.15) is 18.4 Å². The largest absolute Gasteiger partial charge is 0.492 e. The summed E-state index contributed by atoms with van der Waals surface area (Å²) < 4.78 is 5.77. The number of hydrogen-bond acceptors (Lipinski definition) is 4. The highest BCUT2D eigenvalue weighted by atomic mass is 16.5. The van der Waals surface area contributed by atoms with Crippen LogP contribution in [0.5, 0.6) is 5.75 Å². The summed E-state index contributed by atoms with van der Waals surface area (Å²) in [5, 5.41) is 3.43. The maximum absolute atomic E-state index is 5.77. The fourth-order valence-corrected chi connectivity index (χ4v) is 3.18. The molecule has 0 radical (unpaired) electrons. The molecule has 0 amide bonds. The van der Waals surface area contributed by atoms with E-state index in [1.165, 1.54) is 18.4 Å². The van der Waals surface area contributed by atoms with Crippen LogP contribution < -0.4 is 15.0 Å². The molecule has 0 aliphatic carbocycles. The minimum absolute atomic E-state index is 0.607. The van der Waals surface area contributed by atoms with Crippen molar-refractivity contribution in [1.82, 2.24) is 15.2 Å². The molecule has 1 aliphatic rings. The predicted octanol–water partition coefficient (Wildman–Crippen LogP) is 2.77. The number of aromatic nitrogens is 1. The van der Waals surface area contributed by atoms with Crippen LogP contribution >= 0.6 is 0 Å². The molecular weight excluding hydrogens is 338 g/mol. The highest BCUT2D eigenvalue weighted by Gasteiger charge is 2.14. The summed E-state index contributed by atoms with van der Waals surface area (Å²) >= 11 is 0. The second kappa shape index (κ2) is 9.80. The fourth-order valence-electron chi connectivity index (χ4n) is 3.18. The molecule has 0 bridgehead atoms. The lowest BCUT2D eigenvalue weighted by Gasteiger charge is -2.22. The molecule has 27 heavy (non-hydrogen) atoms. The first-order chi connectivity index (χ1) is 13.3. The Kier molecular flexibility index (Phi) is 6.90. The Hall–Kier alpha value is -2.76. The summed E-state index contributed by atoms with van der Waals surface area (Å²) in [6.07, 6.45) is 4.41. The maximum atomic E-state index is 5.77. The Morgan fingerprint density at radius 1 is 1.22 bits per heavy atom. The summed E-state index contributed by atoms with van der Waals surface area (Å²) in [6, 6.07) is 14.1. The number of hydrogen-bond donors (Lipinski definition) is 1. The summed E-state index contributed by atoms with van der Waals surface area (Å²) in [6.45, 7) is 4.30. The van der Waals surface area contributed by atoms with Crippen LogP contribution in [-0.4, -0.2) is 56.2 Å². The number of aliphatic imine (C=N–C) groups is 1. The van der Waals surface area contributed by atoms with E-state index in [1.807, 2.05) is 43.6 Å². The Morgan fingerprint density at radius 2 is 2.00 bits per heavy atom. The molecule has 6 nitrogen and oxygen atoms in total. The molecule has 0 atom stereocenters. The zero-order chi connectivity index (χ0) is 18.9. The molecule has 0 saturated carbocycles. The van der Waals surface area contributed by atoms with Crippen molar-refractivity contribution in [2.24, 2.45) is 4.99 Å². The molecule has 2 heterocycles. The minimum atomic E-state index is 0.607. The summed E-state index contributed by atoms with van der Waals surface area (Å²) in [5.74, 6) is 2.82. The van der Waals surface area contributed by atoms with E-state index < -0.39 is 0 Å². The van der Waals surface area contributed by atoms with Crippen molar-refractivity contribution in [3.05, 3.63) is 54.2 Å². The highest BCUT2D eigenvalue weighted by molar-refractivity contribution is 5.79. The average Bonchev–Trinajstić information content (AvgIpc) is 3.24. The van der Waals surface area contributed by atoms with E-state index in [0.29, 0.717) is 6.61 Å². The second-order valence-electron chi connectivity index (χ2n) is 6.70. The van der Waals surface area contributed by atoms with Gasteiger partial charge >= 0.3 is 0 Å². The Morgan fingerprint density at radius 3 is 2.74 bits per heavy atom. The average molecular weight is 367 g/mol. The number of ether oxygens (including phenoxy) is 1. The van der Waals surface area contributed by atoms with Gasteiger partial charge in [-0.25, -0.2) is 4.98 Å². The zero-order valence-corrected chi connectivity index (χ0v) is 16.3. The lowest BCUT2D eigenvalue weighted by atomic mass is 10.2. The van der Waals surface area contributed by atoms with Crippen LogP contribution in [0.4, 0.5) is 5.82 Å². The second-order valence-corrected chi connectivity index (χ2v) is 6.70. The van der Waals surface area contributed by atoms with E-state index in [1.54, 1.807) is 7.05 Å². The van der Waals surface area contributed by atoms with Crippen molar-refractivity contribution in [2.45, 2.75) is 19.4 Å².